The number of benzene rings is 1. The van der Waals surface area contributed by atoms with Gasteiger partial charge >= 0.3 is 0 Å². The van der Waals surface area contributed by atoms with Crippen molar-refractivity contribution in [1.29, 1.82) is 0 Å². The van der Waals surface area contributed by atoms with Gasteiger partial charge in [0, 0.05) is 56.0 Å². The van der Waals surface area contributed by atoms with Gasteiger partial charge in [-0.15, -0.1) is 22.7 Å². The summed E-state index contributed by atoms with van der Waals surface area (Å²) in [5.74, 6) is 0.201. The summed E-state index contributed by atoms with van der Waals surface area (Å²) in [7, 11) is 1.99. The van der Waals surface area contributed by atoms with Crippen LogP contribution in [0.15, 0.2) is 59.2 Å². The summed E-state index contributed by atoms with van der Waals surface area (Å²) >= 11 is 3.56. The first kappa shape index (κ1) is 19.0. The van der Waals surface area contributed by atoms with E-state index in [4.69, 9.17) is 0 Å². The van der Waals surface area contributed by atoms with Crippen LogP contribution in [-0.4, -0.2) is 15.6 Å². The molecule has 31 heavy (non-hydrogen) atoms. The number of allylic oxidation sites excluding steroid dienone is 2. The van der Waals surface area contributed by atoms with Crippen molar-refractivity contribution >= 4 is 45.0 Å². The van der Waals surface area contributed by atoms with Crippen LogP contribution in [0.25, 0.3) is 20.7 Å². The highest BCUT2D eigenvalue weighted by atomic mass is 32.1. The number of rotatable bonds is 2. The average molecular weight is 446 g/mol. The summed E-state index contributed by atoms with van der Waals surface area (Å²) in [5, 5.41) is 11.4. The molecule has 0 spiro atoms. The van der Waals surface area contributed by atoms with Crippen LogP contribution in [0.1, 0.15) is 43.0 Å². The third-order valence-corrected chi connectivity index (χ3v) is 8.62. The van der Waals surface area contributed by atoms with Gasteiger partial charge in [-0.25, -0.2) is 0 Å². The molecule has 1 aliphatic heterocycles. The molecule has 156 valence electrons. The maximum Gasteiger partial charge on any atom is 0.162 e. The number of aromatic nitrogens is 2. The molecule has 0 amide bonds. The number of thiophene rings is 2. The Morgan fingerprint density at radius 1 is 1.13 bits per heavy atom. The summed E-state index contributed by atoms with van der Waals surface area (Å²) in [4.78, 5) is 17.3. The van der Waals surface area contributed by atoms with Gasteiger partial charge in [-0.3, -0.25) is 9.48 Å². The molecule has 0 radical (unpaired) electrons. The Bertz CT molecular complexity index is 1370. The summed E-state index contributed by atoms with van der Waals surface area (Å²) < 4.78 is 1.94. The molecule has 6 rings (SSSR count). The van der Waals surface area contributed by atoms with Gasteiger partial charge in [-0.2, -0.15) is 5.10 Å². The van der Waals surface area contributed by atoms with Crippen molar-refractivity contribution in [2.75, 3.05) is 5.32 Å². The lowest BCUT2D eigenvalue weighted by Crippen LogP contribution is -2.33. The molecule has 2 aliphatic rings. The molecule has 1 unspecified atom stereocenters. The van der Waals surface area contributed by atoms with E-state index in [0.29, 0.717) is 6.42 Å². The van der Waals surface area contributed by atoms with Crippen molar-refractivity contribution < 1.29 is 4.79 Å². The number of fused-ring (bicyclic) bond motifs is 3. The fourth-order valence-electron chi connectivity index (χ4n) is 5.13. The topological polar surface area (TPSA) is 46.9 Å². The molecule has 0 fully saturated rings. The molecule has 4 aromatic rings. The van der Waals surface area contributed by atoms with Crippen LogP contribution in [0.4, 0.5) is 5.69 Å². The van der Waals surface area contributed by atoms with Crippen LogP contribution in [0.2, 0.25) is 0 Å². The summed E-state index contributed by atoms with van der Waals surface area (Å²) in [6.45, 7) is 4.37. The first-order valence-electron chi connectivity index (χ1n) is 10.5. The predicted molar refractivity (Wildman–Crippen MR) is 129 cm³/mol. The molecular formula is C25H23N3OS2. The molecule has 4 nitrogen and oxygen atoms in total. The Morgan fingerprint density at radius 3 is 2.81 bits per heavy atom. The molecule has 1 aliphatic carbocycles. The Hall–Kier alpha value is -2.70. The van der Waals surface area contributed by atoms with Crippen molar-refractivity contribution in [3.8, 4) is 9.75 Å². The van der Waals surface area contributed by atoms with Crippen LogP contribution in [0.3, 0.4) is 0 Å². The minimum Gasteiger partial charge on any atom is -0.358 e. The third kappa shape index (κ3) is 2.92. The first-order valence-corrected chi connectivity index (χ1v) is 12.2. The Balaban J connectivity index is 1.61. The van der Waals surface area contributed by atoms with Gasteiger partial charge in [-0.05, 0) is 47.5 Å². The molecule has 0 saturated heterocycles. The van der Waals surface area contributed by atoms with Gasteiger partial charge in [0.15, 0.2) is 5.78 Å². The summed E-state index contributed by atoms with van der Waals surface area (Å²) in [6.07, 6.45) is 3.38. The second-order valence-electron chi connectivity index (χ2n) is 9.30. The standard InChI is InChI=1S/C25H23N3OS2/c1-25(2)11-16-21(17(29)12-25)23(20-9-8-19(31-20)18-5-4-10-30-18)22-15(27-16)7-6-14-13-26-28(3)24(14)22/h4-10,13,23,27H,11-12H2,1-3H3. The molecule has 3 aromatic heterocycles. The number of nitrogens with one attached hydrogen (secondary N) is 1. The van der Waals surface area contributed by atoms with Gasteiger partial charge in [0.05, 0.1) is 17.6 Å². The van der Waals surface area contributed by atoms with E-state index in [2.05, 4.69) is 66.0 Å². The van der Waals surface area contributed by atoms with E-state index in [1.807, 2.05) is 17.9 Å². The van der Waals surface area contributed by atoms with Crippen LogP contribution in [-0.2, 0) is 11.8 Å². The van der Waals surface area contributed by atoms with Crippen molar-refractivity contribution in [2.24, 2.45) is 12.5 Å². The molecule has 0 bridgehead atoms. The van der Waals surface area contributed by atoms with Crippen molar-refractivity contribution in [3.05, 3.63) is 69.7 Å². The molecular weight excluding hydrogens is 422 g/mol. The lowest BCUT2D eigenvalue weighted by atomic mass is 9.69. The number of carbonyl (C=O) groups is 1. The van der Waals surface area contributed by atoms with Crippen molar-refractivity contribution in [2.45, 2.75) is 32.6 Å². The Morgan fingerprint density at radius 2 is 2.00 bits per heavy atom. The van der Waals surface area contributed by atoms with Crippen LogP contribution in [0, 0.1) is 5.41 Å². The van der Waals surface area contributed by atoms with Crippen LogP contribution in [0.5, 0.6) is 0 Å². The second kappa shape index (κ2) is 6.65. The highest BCUT2D eigenvalue weighted by Crippen LogP contribution is 2.52. The van der Waals surface area contributed by atoms with E-state index in [1.165, 1.54) is 20.2 Å². The highest BCUT2D eigenvalue weighted by molar-refractivity contribution is 7.21. The lowest BCUT2D eigenvalue weighted by Gasteiger charge is -2.39. The zero-order chi connectivity index (χ0) is 21.3. The molecule has 1 atom stereocenters. The largest absolute Gasteiger partial charge is 0.358 e. The van der Waals surface area contributed by atoms with Crippen LogP contribution < -0.4 is 5.32 Å². The van der Waals surface area contributed by atoms with Crippen molar-refractivity contribution in [1.82, 2.24) is 9.78 Å². The van der Waals surface area contributed by atoms with Gasteiger partial charge in [0.2, 0.25) is 0 Å². The van der Waals surface area contributed by atoms with E-state index < -0.39 is 0 Å². The van der Waals surface area contributed by atoms with E-state index in [0.717, 1.165) is 34.3 Å². The number of aryl methyl sites for hydroxylation is 1. The summed E-state index contributed by atoms with van der Waals surface area (Å²) in [5.41, 5.74) is 5.37. The molecule has 4 heterocycles. The quantitative estimate of drug-likeness (QED) is 0.380. The number of nitrogens with zero attached hydrogens (tertiary/aromatic N) is 2. The maximum atomic E-state index is 13.5. The van der Waals surface area contributed by atoms with Crippen molar-refractivity contribution in [3.63, 3.8) is 0 Å². The SMILES string of the molecule is Cn1ncc2ccc3c(c21)C(c1ccc(-c2cccs2)s1)C1=C(CC(C)(C)CC1=O)N3. The number of carbonyl (C=O) groups excluding carboxylic acids is 1. The average Bonchev–Trinajstić information content (AvgIpc) is 3.46. The van der Waals surface area contributed by atoms with E-state index in [-0.39, 0.29) is 17.1 Å². The monoisotopic (exact) mass is 445 g/mol. The van der Waals surface area contributed by atoms with Gasteiger partial charge < -0.3 is 5.32 Å². The van der Waals surface area contributed by atoms with Gasteiger partial charge in [-0.1, -0.05) is 19.9 Å². The molecule has 6 heteroatoms. The minimum atomic E-state index is -0.0623. The number of hydrogen-bond acceptors (Lipinski definition) is 5. The number of hydrogen-bond donors (Lipinski definition) is 1. The van der Waals surface area contributed by atoms with E-state index in [1.54, 1.807) is 22.7 Å². The van der Waals surface area contributed by atoms with E-state index >= 15 is 0 Å². The van der Waals surface area contributed by atoms with Gasteiger partial charge in [0.1, 0.15) is 0 Å². The Labute approximate surface area is 189 Å². The fourth-order valence-corrected chi connectivity index (χ4v) is 7.09. The Kier molecular flexibility index (Phi) is 4.08. The molecule has 1 N–H and O–H groups in total. The number of Topliss-reactive ketones (excluding diaryl/α,β-unsaturated/α-hetero) is 1. The third-order valence-electron chi connectivity index (χ3n) is 6.40. The maximum absolute atomic E-state index is 13.5. The molecule has 1 aromatic carbocycles. The zero-order valence-corrected chi connectivity index (χ0v) is 19.4. The van der Waals surface area contributed by atoms with Crippen LogP contribution >= 0.6 is 22.7 Å². The highest BCUT2D eigenvalue weighted by Gasteiger charge is 2.42. The smallest absolute Gasteiger partial charge is 0.162 e. The second-order valence-corrected chi connectivity index (χ2v) is 11.4. The summed E-state index contributed by atoms with van der Waals surface area (Å²) in [6, 6.07) is 12.9. The normalized spacial score (nSPS) is 20.0. The predicted octanol–water partition coefficient (Wildman–Crippen LogP) is 6.56. The number of ketones is 1. The number of anilines is 1. The van der Waals surface area contributed by atoms with E-state index in [9.17, 15) is 4.79 Å². The first-order chi connectivity index (χ1) is 14.9. The fraction of sp³-hybridized carbons (Fsp3) is 0.280. The zero-order valence-electron chi connectivity index (χ0n) is 17.7. The minimum absolute atomic E-state index is 0.0286. The lowest BCUT2D eigenvalue weighted by molar-refractivity contribution is -0.118. The molecule has 0 saturated carbocycles. The van der Waals surface area contributed by atoms with Gasteiger partial charge in [0.25, 0.3) is 0 Å².